The summed E-state index contributed by atoms with van der Waals surface area (Å²) in [5, 5.41) is 8.75. The SMILES string of the molecule is Cc1cc(C(=O)O)nc(C2CC2)n1. The molecule has 1 aromatic heterocycles. The van der Waals surface area contributed by atoms with Gasteiger partial charge in [0.05, 0.1) is 0 Å². The molecule has 1 aliphatic rings. The van der Waals surface area contributed by atoms with Crippen molar-refractivity contribution in [3.05, 3.63) is 23.3 Å². The van der Waals surface area contributed by atoms with Gasteiger partial charge in [-0.1, -0.05) is 0 Å². The molecule has 1 heterocycles. The third-order valence-corrected chi connectivity index (χ3v) is 2.03. The van der Waals surface area contributed by atoms with E-state index in [2.05, 4.69) is 9.97 Å². The first-order valence-corrected chi connectivity index (χ1v) is 4.25. The van der Waals surface area contributed by atoms with Crippen molar-refractivity contribution in [3.8, 4) is 0 Å². The fourth-order valence-corrected chi connectivity index (χ4v) is 1.23. The van der Waals surface area contributed by atoms with Crippen molar-refractivity contribution in [2.45, 2.75) is 25.7 Å². The molecule has 0 radical (unpaired) electrons. The third kappa shape index (κ3) is 1.66. The maximum Gasteiger partial charge on any atom is 0.354 e. The van der Waals surface area contributed by atoms with Gasteiger partial charge in [0, 0.05) is 11.6 Å². The number of carbonyl (C=O) groups is 1. The molecule has 1 N–H and O–H groups in total. The number of aryl methyl sites for hydroxylation is 1. The molecule has 4 heteroatoms. The molecule has 0 aromatic carbocycles. The summed E-state index contributed by atoms with van der Waals surface area (Å²) in [5.74, 6) is 0.114. The van der Waals surface area contributed by atoms with Crippen LogP contribution in [0.1, 0.15) is 40.8 Å². The monoisotopic (exact) mass is 178 g/mol. The molecule has 0 saturated heterocycles. The Morgan fingerprint density at radius 2 is 2.23 bits per heavy atom. The lowest BCUT2D eigenvalue weighted by molar-refractivity contribution is 0.0689. The van der Waals surface area contributed by atoms with Crippen molar-refractivity contribution < 1.29 is 9.90 Å². The zero-order valence-electron chi connectivity index (χ0n) is 7.32. The molecule has 0 bridgehead atoms. The highest BCUT2D eigenvalue weighted by atomic mass is 16.4. The minimum Gasteiger partial charge on any atom is -0.477 e. The first kappa shape index (κ1) is 8.16. The summed E-state index contributed by atoms with van der Waals surface area (Å²) >= 11 is 0. The number of aromatic nitrogens is 2. The summed E-state index contributed by atoms with van der Waals surface area (Å²) in [4.78, 5) is 18.8. The number of hydrogen-bond acceptors (Lipinski definition) is 3. The van der Waals surface area contributed by atoms with Crippen LogP contribution in [0, 0.1) is 6.92 Å². The molecule has 0 atom stereocenters. The summed E-state index contributed by atoms with van der Waals surface area (Å²) in [6.07, 6.45) is 2.17. The lowest BCUT2D eigenvalue weighted by atomic mass is 10.3. The second-order valence-corrected chi connectivity index (χ2v) is 3.33. The number of rotatable bonds is 2. The van der Waals surface area contributed by atoms with E-state index in [4.69, 9.17) is 5.11 Å². The second-order valence-electron chi connectivity index (χ2n) is 3.33. The first-order valence-electron chi connectivity index (χ1n) is 4.25. The van der Waals surface area contributed by atoms with Crippen LogP contribution in [0.2, 0.25) is 0 Å². The Kier molecular flexibility index (Phi) is 1.76. The summed E-state index contributed by atoms with van der Waals surface area (Å²) in [7, 11) is 0. The number of hydrogen-bond donors (Lipinski definition) is 1. The standard InChI is InChI=1S/C9H10N2O2/c1-5-4-7(9(12)13)11-8(10-5)6-2-3-6/h4,6H,2-3H2,1H3,(H,12,13). The molecule has 4 nitrogen and oxygen atoms in total. The van der Waals surface area contributed by atoms with E-state index in [9.17, 15) is 4.79 Å². The first-order chi connectivity index (χ1) is 6.16. The largest absolute Gasteiger partial charge is 0.477 e. The van der Waals surface area contributed by atoms with E-state index in [1.54, 1.807) is 6.92 Å². The second kappa shape index (κ2) is 2.80. The highest BCUT2D eigenvalue weighted by molar-refractivity contribution is 5.85. The molecule has 68 valence electrons. The highest BCUT2D eigenvalue weighted by Gasteiger charge is 2.27. The normalized spacial score (nSPS) is 15.8. The number of nitrogens with zero attached hydrogens (tertiary/aromatic N) is 2. The molecule has 0 aliphatic heterocycles. The zero-order valence-corrected chi connectivity index (χ0v) is 7.32. The van der Waals surface area contributed by atoms with Crippen LogP contribution >= 0.6 is 0 Å². The predicted molar refractivity (Wildman–Crippen MR) is 45.7 cm³/mol. The van der Waals surface area contributed by atoms with Gasteiger partial charge in [-0.05, 0) is 25.8 Å². The molecule has 13 heavy (non-hydrogen) atoms. The fourth-order valence-electron chi connectivity index (χ4n) is 1.23. The van der Waals surface area contributed by atoms with Crippen LogP contribution in [0.3, 0.4) is 0 Å². The predicted octanol–water partition coefficient (Wildman–Crippen LogP) is 1.36. The van der Waals surface area contributed by atoms with Gasteiger partial charge in [-0.3, -0.25) is 0 Å². The number of carboxylic acids is 1. The molecule has 1 saturated carbocycles. The Balaban J connectivity index is 2.41. The zero-order chi connectivity index (χ0) is 9.42. The summed E-state index contributed by atoms with van der Waals surface area (Å²) < 4.78 is 0. The van der Waals surface area contributed by atoms with E-state index in [1.807, 2.05) is 0 Å². The van der Waals surface area contributed by atoms with Gasteiger partial charge < -0.3 is 5.11 Å². The number of aromatic carboxylic acids is 1. The Morgan fingerprint density at radius 1 is 1.54 bits per heavy atom. The quantitative estimate of drug-likeness (QED) is 0.742. The molecule has 2 rings (SSSR count). The van der Waals surface area contributed by atoms with E-state index in [-0.39, 0.29) is 5.69 Å². The van der Waals surface area contributed by atoms with Crippen LogP contribution < -0.4 is 0 Å². The van der Waals surface area contributed by atoms with Gasteiger partial charge in [0.2, 0.25) is 0 Å². The van der Waals surface area contributed by atoms with E-state index < -0.39 is 5.97 Å². The fraction of sp³-hybridized carbons (Fsp3) is 0.444. The van der Waals surface area contributed by atoms with Gasteiger partial charge in [-0.15, -0.1) is 0 Å². The molecule has 1 aromatic rings. The van der Waals surface area contributed by atoms with Crippen LogP contribution in [0.25, 0.3) is 0 Å². The summed E-state index contributed by atoms with van der Waals surface area (Å²) in [6.45, 7) is 1.79. The lowest BCUT2D eigenvalue weighted by Crippen LogP contribution is -2.05. The van der Waals surface area contributed by atoms with Gasteiger partial charge in [-0.2, -0.15) is 0 Å². The van der Waals surface area contributed by atoms with E-state index >= 15 is 0 Å². The van der Waals surface area contributed by atoms with Crippen LogP contribution in [0.15, 0.2) is 6.07 Å². The molecule has 0 unspecified atom stereocenters. The molecular formula is C9H10N2O2. The van der Waals surface area contributed by atoms with Gasteiger partial charge >= 0.3 is 5.97 Å². The third-order valence-electron chi connectivity index (χ3n) is 2.03. The Bertz CT molecular complexity index is 359. The Labute approximate surface area is 75.6 Å². The Hall–Kier alpha value is -1.45. The van der Waals surface area contributed by atoms with Crippen molar-refractivity contribution in [1.29, 1.82) is 0 Å². The maximum atomic E-state index is 10.7. The van der Waals surface area contributed by atoms with Gasteiger partial charge in [-0.25, -0.2) is 14.8 Å². The van der Waals surface area contributed by atoms with Crippen molar-refractivity contribution in [2.75, 3.05) is 0 Å². The van der Waals surface area contributed by atoms with Gasteiger partial charge in [0.25, 0.3) is 0 Å². The minimum absolute atomic E-state index is 0.106. The topological polar surface area (TPSA) is 63.1 Å². The molecule has 1 fully saturated rings. The number of carboxylic acid groups (broad SMARTS) is 1. The molecule has 0 amide bonds. The van der Waals surface area contributed by atoms with Crippen LogP contribution in [-0.2, 0) is 0 Å². The van der Waals surface area contributed by atoms with Crippen LogP contribution in [0.5, 0.6) is 0 Å². The van der Waals surface area contributed by atoms with E-state index in [0.717, 1.165) is 18.5 Å². The smallest absolute Gasteiger partial charge is 0.354 e. The molecular weight excluding hydrogens is 168 g/mol. The maximum absolute atomic E-state index is 10.7. The van der Waals surface area contributed by atoms with Gasteiger partial charge in [0.15, 0.2) is 5.69 Å². The van der Waals surface area contributed by atoms with Crippen molar-refractivity contribution in [1.82, 2.24) is 9.97 Å². The van der Waals surface area contributed by atoms with E-state index in [1.165, 1.54) is 6.07 Å². The lowest BCUT2D eigenvalue weighted by Gasteiger charge is -2.00. The van der Waals surface area contributed by atoms with Crippen molar-refractivity contribution in [2.24, 2.45) is 0 Å². The van der Waals surface area contributed by atoms with Crippen molar-refractivity contribution in [3.63, 3.8) is 0 Å². The summed E-state index contributed by atoms with van der Waals surface area (Å²) in [5.41, 5.74) is 0.837. The molecule has 0 spiro atoms. The summed E-state index contributed by atoms with van der Waals surface area (Å²) in [6, 6.07) is 1.49. The average Bonchev–Trinajstić information content (AvgIpc) is 2.85. The van der Waals surface area contributed by atoms with Crippen LogP contribution in [-0.4, -0.2) is 21.0 Å². The van der Waals surface area contributed by atoms with Gasteiger partial charge in [0.1, 0.15) is 5.82 Å². The Morgan fingerprint density at radius 3 is 2.77 bits per heavy atom. The van der Waals surface area contributed by atoms with E-state index in [0.29, 0.717) is 11.7 Å². The van der Waals surface area contributed by atoms with Crippen LogP contribution in [0.4, 0.5) is 0 Å². The minimum atomic E-state index is -0.979. The average molecular weight is 178 g/mol. The van der Waals surface area contributed by atoms with Crippen molar-refractivity contribution >= 4 is 5.97 Å². The highest BCUT2D eigenvalue weighted by Crippen LogP contribution is 2.37. The molecule has 1 aliphatic carbocycles.